The molecular weight excluding hydrogens is 440 g/mol. The van der Waals surface area contributed by atoms with Crippen molar-refractivity contribution in [3.05, 3.63) is 23.2 Å². The number of carbonyl (C=O) groups excluding carboxylic acids is 1. The lowest BCUT2D eigenvalue weighted by molar-refractivity contribution is -0.00520. The van der Waals surface area contributed by atoms with E-state index < -0.39 is 15.3 Å². The fraction of sp³-hybridized carbons (Fsp3) is 0.667. The van der Waals surface area contributed by atoms with Crippen LogP contribution in [0.25, 0.3) is 0 Å². The zero-order valence-electron chi connectivity index (χ0n) is 18.6. The van der Waals surface area contributed by atoms with Gasteiger partial charge in [-0.3, -0.25) is 0 Å². The number of likely N-dealkylation sites (tertiary alicyclic amines) is 1. The van der Waals surface area contributed by atoms with Crippen LogP contribution < -0.4 is 14.9 Å². The van der Waals surface area contributed by atoms with Gasteiger partial charge in [-0.1, -0.05) is 11.6 Å². The zero-order chi connectivity index (χ0) is 22.8. The van der Waals surface area contributed by atoms with Crippen LogP contribution in [0.4, 0.5) is 16.2 Å². The number of benzene rings is 1. The summed E-state index contributed by atoms with van der Waals surface area (Å²) in [5, 5.41) is 3.02. The van der Waals surface area contributed by atoms with E-state index in [0.717, 1.165) is 18.8 Å². The van der Waals surface area contributed by atoms with Crippen molar-refractivity contribution in [3.8, 4) is 0 Å². The lowest BCUT2D eigenvalue weighted by Gasteiger charge is -2.37. The number of amides is 2. The third kappa shape index (κ3) is 6.25. The number of anilines is 2. The molecule has 0 aliphatic carbocycles. The van der Waals surface area contributed by atoms with Crippen molar-refractivity contribution in [3.63, 3.8) is 0 Å². The van der Waals surface area contributed by atoms with Gasteiger partial charge in [-0.2, -0.15) is 0 Å². The van der Waals surface area contributed by atoms with Crippen LogP contribution in [-0.2, 0) is 14.8 Å². The molecule has 1 aromatic rings. The van der Waals surface area contributed by atoms with Gasteiger partial charge < -0.3 is 19.9 Å². The smallest absolute Gasteiger partial charge is 0.321 e. The molecule has 3 rings (SSSR count). The lowest BCUT2D eigenvalue weighted by atomic mass is 10.1. The summed E-state index contributed by atoms with van der Waals surface area (Å²) in [5.74, 6) is 0. The van der Waals surface area contributed by atoms with Gasteiger partial charge in [-0.05, 0) is 58.7 Å². The standard InChI is InChI=1S/C21H33ClN4O4S/c1-14(2)31(28,29)24-17-7-9-25(10-8-17)21(27)23-18-5-6-20(19(22)11-18)26-12-15(3)30-16(4)13-26/h5-6,11,14-17,24H,7-10,12-13H2,1-4H3,(H,23,27). The maximum absolute atomic E-state index is 12.7. The number of morpholine rings is 1. The summed E-state index contributed by atoms with van der Waals surface area (Å²) in [6.45, 7) is 9.92. The van der Waals surface area contributed by atoms with E-state index in [-0.39, 0.29) is 24.3 Å². The Labute approximate surface area is 190 Å². The normalized spacial score (nSPS) is 23.3. The van der Waals surface area contributed by atoms with Crippen LogP contribution in [0.1, 0.15) is 40.5 Å². The van der Waals surface area contributed by atoms with E-state index in [1.165, 1.54) is 0 Å². The van der Waals surface area contributed by atoms with E-state index in [1.807, 2.05) is 26.0 Å². The molecule has 0 radical (unpaired) electrons. The molecule has 2 aliphatic rings. The number of sulfonamides is 1. The van der Waals surface area contributed by atoms with Gasteiger partial charge in [-0.15, -0.1) is 0 Å². The quantitative estimate of drug-likeness (QED) is 0.686. The Balaban J connectivity index is 1.55. The Bertz CT molecular complexity index is 877. The SMILES string of the molecule is CC1CN(c2ccc(NC(=O)N3CCC(NS(=O)(=O)C(C)C)CC3)cc2Cl)CC(C)O1. The van der Waals surface area contributed by atoms with Crippen LogP contribution in [0, 0.1) is 0 Å². The number of nitrogens with zero attached hydrogens (tertiary/aromatic N) is 2. The predicted octanol–water partition coefficient (Wildman–Crippen LogP) is 3.28. The molecule has 0 spiro atoms. The molecule has 2 amide bonds. The fourth-order valence-electron chi connectivity index (χ4n) is 3.99. The monoisotopic (exact) mass is 472 g/mol. The number of carbonyl (C=O) groups is 1. The van der Waals surface area contributed by atoms with Crippen LogP contribution in [0.3, 0.4) is 0 Å². The Morgan fingerprint density at radius 1 is 1.16 bits per heavy atom. The number of rotatable bonds is 5. The first-order chi connectivity index (χ1) is 14.5. The molecule has 2 unspecified atom stereocenters. The largest absolute Gasteiger partial charge is 0.372 e. The summed E-state index contributed by atoms with van der Waals surface area (Å²) in [6, 6.07) is 5.21. The maximum Gasteiger partial charge on any atom is 0.321 e. The second-order valence-corrected chi connectivity index (χ2v) is 11.4. The topological polar surface area (TPSA) is 91.0 Å². The van der Waals surface area contributed by atoms with Gasteiger partial charge in [0.1, 0.15) is 0 Å². The van der Waals surface area contributed by atoms with E-state index in [2.05, 4.69) is 14.9 Å². The summed E-state index contributed by atoms with van der Waals surface area (Å²) >= 11 is 6.52. The highest BCUT2D eigenvalue weighted by atomic mass is 35.5. The van der Waals surface area contributed by atoms with Crippen molar-refractivity contribution in [2.75, 3.05) is 36.4 Å². The average Bonchev–Trinajstić information content (AvgIpc) is 2.67. The molecule has 0 saturated carbocycles. The number of hydrogen-bond donors (Lipinski definition) is 2. The van der Waals surface area contributed by atoms with Crippen molar-refractivity contribution in [2.24, 2.45) is 0 Å². The molecule has 1 aromatic carbocycles. The Morgan fingerprint density at radius 2 is 1.77 bits per heavy atom. The molecule has 2 fully saturated rings. The van der Waals surface area contributed by atoms with Crippen molar-refractivity contribution in [2.45, 2.75) is 64.0 Å². The van der Waals surface area contributed by atoms with Crippen molar-refractivity contribution < 1.29 is 17.9 Å². The number of ether oxygens (including phenoxy) is 1. The van der Waals surface area contributed by atoms with E-state index in [0.29, 0.717) is 36.6 Å². The number of hydrogen-bond acceptors (Lipinski definition) is 5. The Kier molecular flexibility index (Phi) is 7.72. The fourth-order valence-corrected chi connectivity index (χ4v) is 5.26. The van der Waals surface area contributed by atoms with Crippen LogP contribution in [0.5, 0.6) is 0 Å². The first-order valence-electron chi connectivity index (χ1n) is 10.8. The molecular formula is C21H33ClN4O4S. The second-order valence-electron chi connectivity index (χ2n) is 8.73. The molecule has 0 bridgehead atoms. The number of halogens is 1. The van der Waals surface area contributed by atoms with E-state index in [4.69, 9.17) is 16.3 Å². The molecule has 2 aliphatic heterocycles. The summed E-state index contributed by atoms with van der Waals surface area (Å²) in [5.41, 5.74) is 1.57. The molecule has 2 saturated heterocycles. The third-order valence-corrected chi connectivity index (χ3v) is 7.90. The van der Waals surface area contributed by atoms with Crippen LogP contribution in [0.15, 0.2) is 18.2 Å². The summed E-state index contributed by atoms with van der Waals surface area (Å²) in [6.07, 6.45) is 1.44. The number of urea groups is 1. The van der Waals surface area contributed by atoms with Crippen molar-refractivity contribution in [1.82, 2.24) is 9.62 Å². The highest BCUT2D eigenvalue weighted by Gasteiger charge is 2.28. The molecule has 2 heterocycles. The van der Waals surface area contributed by atoms with Gasteiger partial charge >= 0.3 is 6.03 Å². The van der Waals surface area contributed by atoms with Gasteiger partial charge in [0.25, 0.3) is 0 Å². The number of piperidine rings is 1. The summed E-state index contributed by atoms with van der Waals surface area (Å²) in [4.78, 5) is 16.6. The van der Waals surface area contributed by atoms with Crippen molar-refractivity contribution in [1.29, 1.82) is 0 Å². The molecule has 10 heteroatoms. The predicted molar refractivity (Wildman–Crippen MR) is 124 cm³/mol. The van der Waals surface area contributed by atoms with Gasteiger partial charge in [0.15, 0.2) is 0 Å². The van der Waals surface area contributed by atoms with E-state index in [9.17, 15) is 13.2 Å². The summed E-state index contributed by atoms with van der Waals surface area (Å²) in [7, 11) is -3.30. The Morgan fingerprint density at radius 3 is 2.32 bits per heavy atom. The Hall–Kier alpha value is -1.55. The number of nitrogens with one attached hydrogen (secondary N) is 2. The van der Waals surface area contributed by atoms with E-state index in [1.54, 1.807) is 24.8 Å². The van der Waals surface area contributed by atoms with Crippen LogP contribution >= 0.6 is 11.6 Å². The third-order valence-electron chi connectivity index (χ3n) is 5.69. The minimum absolute atomic E-state index is 0.132. The molecule has 0 aromatic heterocycles. The highest BCUT2D eigenvalue weighted by molar-refractivity contribution is 7.90. The molecule has 8 nitrogen and oxygen atoms in total. The van der Waals surface area contributed by atoms with Crippen molar-refractivity contribution >= 4 is 39.0 Å². The van der Waals surface area contributed by atoms with E-state index >= 15 is 0 Å². The van der Waals surface area contributed by atoms with Gasteiger partial charge in [0.05, 0.1) is 28.2 Å². The minimum atomic E-state index is -3.30. The first-order valence-corrected chi connectivity index (χ1v) is 12.7. The van der Waals surface area contributed by atoms with Gasteiger partial charge in [-0.25, -0.2) is 17.9 Å². The maximum atomic E-state index is 12.7. The second kappa shape index (κ2) is 9.94. The zero-order valence-corrected chi connectivity index (χ0v) is 20.2. The van der Waals surface area contributed by atoms with Crippen LogP contribution in [-0.4, -0.2) is 69.0 Å². The molecule has 31 heavy (non-hydrogen) atoms. The van der Waals surface area contributed by atoms with Gasteiger partial charge in [0, 0.05) is 37.9 Å². The lowest BCUT2D eigenvalue weighted by Crippen LogP contribution is -2.48. The average molecular weight is 473 g/mol. The highest BCUT2D eigenvalue weighted by Crippen LogP contribution is 2.31. The summed E-state index contributed by atoms with van der Waals surface area (Å²) < 4.78 is 32.6. The molecule has 2 N–H and O–H groups in total. The minimum Gasteiger partial charge on any atom is -0.372 e. The molecule has 174 valence electrons. The van der Waals surface area contributed by atoms with Gasteiger partial charge in [0.2, 0.25) is 10.0 Å². The first kappa shape index (κ1) is 24.1. The molecule has 2 atom stereocenters. The van der Waals surface area contributed by atoms with Crippen LogP contribution in [0.2, 0.25) is 5.02 Å².